The van der Waals surface area contributed by atoms with Crippen molar-refractivity contribution < 1.29 is 19.1 Å². The molecule has 0 rings (SSSR count). The molecular weight excluding hydrogens is 220 g/mol. The first-order valence-electron chi connectivity index (χ1n) is 6.12. The van der Waals surface area contributed by atoms with E-state index in [0.717, 1.165) is 0 Å². The van der Waals surface area contributed by atoms with Gasteiger partial charge in [-0.3, -0.25) is 9.59 Å². The molecule has 17 heavy (non-hydrogen) atoms. The molecule has 0 aromatic carbocycles. The fourth-order valence-corrected chi connectivity index (χ4v) is 1.25. The molecule has 4 nitrogen and oxygen atoms in total. The third kappa shape index (κ3) is 11.2. The second kappa shape index (κ2) is 7.30. The van der Waals surface area contributed by atoms with Gasteiger partial charge in [0.25, 0.3) is 0 Å². The molecule has 0 fully saturated rings. The lowest BCUT2D eigenvalue weighted by molar-refractivity contribution is -0.155. The summed E-state index contributed by atoms with van der Waals surface area (Å²) in [6.45, 7) is 9.15. The highest BCUT2D eigenvalue weighted by Crippen LogP contribution is 2.10. The minimum absolute atomic E-state index is 0.0756. The van der Waals surface area contributed by atoms with Gasteiger partial charge in [0.1, 0.15) is 5.60 Å². The summed E-state index contributed by atoms with van der Waals surface area (Å²) >= 11 is 0. The molecule has 0 bridgehead atoms. The van der Waals surface area contributed by atoms with Crippen LogP contribution in [0.2, 0.25) is 0 Å². The topological polar surface area (TPSA) is 52.6 Å². The molecule has 0 heterocycles. The van der Waals surface area contributed by atoms with Crippen LogP contribution < -0.4 is 0 Å². The van der Waals surface area contributed by atoms with Crippen molar-refractivity contribution in [3.63, 3.8) is 0 Å². The van der Waals surface area contributed by atoms with E-state index in [1.165, 1.54) is 0 Å². The zero-order valence-electron chi connectivity index (χ0n) is 11.5. The molecule has 100 valence electrons. The molecule has 0 unspecified atom stereocenters. The van der Waals surface area contributed by atoms with Gasteiger partial charge in [-0.25, -0.2) is 0 Å². The van der Waals surface area contributed by atoms with Crippen LogP contribution in [0, 0.1) is 0 Å². The molecule has 0 aliphatic rings. The van der Waals surface area contributed by atoms with Gasteiger partial charge in [0.2, 0.25) is 0 Å². The molecular formula is C13H24O4. The van der Waals surface area contributed by atoms with E-state index in [1.54, 1.807) is 0 Å². The van der Waals surface area contributed by atoms with Crippen molar-refractivity contribution in [1.29, 1.82) is 0 Å². The van der Waals surface area contributed by atoms with Gasteiger partial charge in [0.05, 0.1) is 6.10 Å². The second-order valence-electron chi connectivity index (χ2n) is 5.33. The maximum atomic E-state index is 11.3. The Morgan fingerprint density at radius 1 is 1.00 bits per heavy atom. The zero-order chi connectivity index (χ0) is 13.5. The van der Waals surface area contributed by atoms with Gasteiger partial charge in [-0.05, 0) is 47.5 Å². The van der Waals surface area contributed by atoms with Crippen LogP contribution in [0.4, 0.5) is 0 Å². The van der Waals surface area contributed by atoms with Gasteiger partial charge >= 0.3 is 11.9 Å². The molecule has 0 radical (unpaired) electrons. The van der Waals surface area contributed by atoms with E-state index < -0.39 is 5.60 Å². The molecule has 0 aliphatic heterocycles. The van der Waals surface area contributed by atoms with E-state index >= 15 is 0 Å². The summed E-state index contributed by atoms with van der Waals surface area (Å²) in [5.41, 5.74) is -0.437. The Balaban J connectivity index is 3.58. The molecule has 0 spiro atoms. The van der Waals surface area contributed by atoms with E-state index in [0.29, 0.717) is 25.7 Å². The lowest BCUT2D eigenvalue weighted by Crippen LogP contribution is -2.23. The van der Waals surface area contributed by atoms with E-state index in [-0.39, 0.29) is 18.0 Å². The number of carbonyl (C=O) groups excluding carboxylic acids is 2. The van der Waals surface area contributed by atoms with Gasteiger partial charge in [-0.1, -0.05) is 0 Å². The Morgan fingerprint density at radius 2 is 1.47 bits per heavy atom. The molecule has 4 heteroatoms. The molecule has 0 saturated heterocycles. The van der Waals surface area contributed by atoms with E-state index in [1.807, 2.05) is 34.6 Å². The Kier molecular flexibility index (Phi) is 6.85. The molecule has 0 atom stereocenters. The number of hydrogen-bond acceptors (Lipinski definition) is 4. The summed E-state index contributed by atoms with van der Waals surface area (Å²) in [7, 11) is 0. The Hall–Kier alpha value is -1.06. The largest absolute Gasteiger partial charge is 0.463 e. The smallest absolute Gasteiger partial charge is 0.306 e. The van der Waals surface area contributed by atoms with Crippen molar-refractivity contribution in [2.75, 3.05) is 0 Å². The summed E-state index contributed by atoms with van der Waals surface area (Å²) in [5, 5.41) is 0. The maximum Gasteiger partial charge on any atom is 0.306 e. The number of ether oxygens (including phenoxy) is 2. The van der Waals surface area contributed by atoms with Crippen LogP contribution >= 0.6 is 0 Å². The number of unbranched alkanes of at least 4 members (excludes halogenated alkanes) is 1. The third-order valence-electron chi connectivity index (χ3n) is 1.80. The highest BCUT2D eigenvalue weighted by atomic mass is 16.6. The number of esters is 2. The normalized spacial score (nSPS) is 11.4. The van der Waals surface area contributed by atoms with Crippen molar-refractivity contribution in [3.8, 4) is 0 Å². The molecule has 0 N–H and O–H groups in total. The van der Waals surface area contributed by atoms with Crippen LogP contribution in [-0.2, 0) is 19.1 Å². The highest BCUT2D eigenvalue weighted by Gasteiger charge is 2.15. The summed E-state index contributed by atoms with van der Waals surface area (Å²) in [6, 6.07) is 0. The summed E-state index contributed by atoms with van der Waals surface area (Å²) in [6.07, 6.45) is 1.95. The second-order valence-corrected chi connectivity index (χ2v) is 5.33. The third-order valence-corrected chi connectivity index (χ3v) is 1.80. The van der Waals surface area contributed by atoms with Gasteiger partial charge in [0.15, 0.2) is 0 Å². The maximum absolute atomic E-state index is 11.3. The lowest BCUT2D eigenvalue weighted by atomic mass is 10.1. The molecule has 0 aromatic rings. The highest BCUT2D eigenvalue weighted by molar-refractivity contribution is 5.70. The summed E-state index contributed by atoms with van der Waals surface area (Å²) < 4.78 is 10.1. The number of rotatable bonds is 6. The van der Waals surface area contributed by atoms with Gasteiger partial charge in [0, 0.05) is 12.8 Å². The summed E-state index contributed by atoms with van der Waals surface area (Å²) in [4.78, 5) is 22.5. The molecule has 0 amide bonds. The van der Waals surface area contributed by atoms with E-state index in [4.69, 9.17) is 9.47 Å². The first kappa shape index (κ1) is 15.9. The Bertz CT molecular complexity index is 251. The monoisotopic (exact) mass is 244 g/mol. The Labute approximate surface area is 104 Å². The van der Waals surface area contributed by atoms with Crippen LogP contribution in [0.15, 0.2) is 0 Å². The number of carbonyl (C=O) groups is 2. The van der Waals surface area contributed by atoms with Crippen LogP contribution in [0.5, 0.6) is 0 Å². The SMILES string of the molecule is CC(C)OC(=O)CCCCC(=O)OC(C)(C)C. The fraction of sp³-hybridized carbons (Fsp3) is 0.846. The van der Waals surface area contributed by atoms with Crippen LogP contribution in [0.1, 0.15) is 60.3 Å². The lowest BCUT2D eigenvalue weighted by Gasteiger charge is -2.19. The van der Waals surface area contributed by atoms with Crippen molar-refractivity contribution in [2.45, 2.75) is 72.0 Å². The number of hydrogen-bond donors (Lipinski definition) is 0. The molecule has 0 aromatic heterocycles. The van der Waals surface area contributed by atoms with Gasteiger partial charge in [-0.15, -0.1) is 0 Å². The average molecular weight is 244 g/mol. The quantitative estimate of drug-likeness (QED) is 0.532. The summed E-state index contributed by atoms with van der Waals surface area (Å²) in [5.74, 6) is -0.418. The van der Waals surface area contributed by atoms with Crippen molar-refractivity contribution in [3.05, 3.63) is 0 Å². The standard InChI is InChI=1S/C13H24O4/c1-10(2)16-11(14)8-6-7-9-12(15)17-13(3,4)5/h10H,6-9H2,1-5H3. The molecule has 0 aliphatic carbocycles. The minimum atomic E-state index is -0.437. The predicted molar refractivity (Wildman–Crippen MR) is 65.5 cm³/mol. The van der Waals surface area contributed by atoms with Crippen LogP contribution in [-0.4, -0.2) is 23.6 Å². The van der Waals surface area contributed by atoms with Crippen LogP contribution in [0.3, 0.4) is 0 Å². The van der Waals surface area contributed by atoms with E-state index in [2.05, 4.69) is 0 Å². The van der Waals surface area contributed by atoms with E-state index in [9.17, 15) is 9.59 Å². The van der Waals surface area contributed by atoms with Crippen molar-refractivity contribution in [1.82, 2.24) is 0 Å². The first-order valence-corrected chi connectivity index (χ1v) is 6.12. The minimum Gasteiger partial charge on any atom is -0.463 e. The van der Waals surface area contributed by atoms with Gasteiger partial charge in [-0.2, -0.15) is 0 Å². The molecule has 0 saturated carbocycles. The van der Waals surface area contributed by atoms with Gasteiger partial charge < -0.3 is 9.47 Å². The van der Waals surface area contributed by atoms with Crippen LogP contribution in [0.25, 0.3) is 0 Å². The first-order chi connectivity index (χ1) is 7.70. The predicted octanol–water partition coefficient (Wildman–Crippen LogP) is 2.84. The van der Waals surface area contributed by atoms with Crippen molar-refractivity contribution in [2.24, 2.45) is 0 Å². The zero-order valence-corrected chi connectivity index (χ0v) is 11.5. The van der Waals surface area contributed by atoms with Crippen molar-refractivity contribution >= 4 is 11.9 Å². The fourth-order valence-electron chi connectivity index (χ4n) is 1.25. The average Bonchev–Trinajstić information content (AvgIpc) is 2.08. The Morgan fingerprint density at radius 3 is 1.88 bits per heavy atom.